The summed E-state index contributed by atoms with van der Waals surface area (Å²) in [4.78, 5) is 11.3. The molecule has 7 rings (SSSR count). The fraction of sp³-hybridized carbons (Fsp3) is 0.317. The van der Waals surface area contributed by atoms with Crippen LogP contribution in [0, 0.1) is 20.8 Å². The molecule has 0 saturated carbocycles. The van der Waals surface area contributed by atoms with Gasteiger partial charge in [-0.25, -0.2) is 0 Å². The standard InChI is InChI=1S/C26H32O5Si.C19H24O4Si.C18H24O3Si/c1-19-6-8-20(9-7-19)17-31-32(4,5)23-14-15-25(30-18-28-2)24(16-23)26(27)21-10-12-22(29-3)13-11-21;1-15-5-7-16(8-6-15)13-23-24(3,4)18-9-10-19(22-14-21-2)17(11-18)12-20;1-15-5-7-16(8-6-15)13-21-22(3,4)18-11-9-17(10-12-18)20-14-19-2/h6-16,26-27H,17-18H2,1-5H3;5-12H,13-14H2,1-4H3;5-12H,13-14H2,1-4H3. The van der Waals surface area contributed by atoms with Crippen molar-refractivity contribution >= 4 is 46.8 Å². The van der Waals surface area contributed by atoms with Crippen molar-refractivity contribution in [3.8, 4) is 23.0 Å². The first-order chi connectivity index (χ1) is 37.3. The second kappa shape index (κ2) is 30.8. The third kappa shape index (κ3) is 19.6. The van der Waals surface area contributed by atoms with Crippen LogP contribution in [-0.2, 0) is 47.3 Å². The van der Waals surface area contributed by atoms with E-state index in [4.69, 9.17) is 46.4 Å². The normalized spacial score (nSPS) is 11.8. The van der Waals surface area contributed by atoms with Crippen molar-refractivity contribution in [2.75, 3.05) is 48.8 Å². The molecule has 0 aliphatic rings. The topological polar surface area (TPSA) is 130 Å². The molecule has 1 N–H and O–H groups in total. The predicted molar refractivity (Wildman–Crippen MR) is 319 cm³/mol. The highest BCUT2D eigenvalue weighted by Gasteiger charge is 2.30. The third-order valence-corrected chi connectivity index (χ3v) is 20.7. The number of benzene rings is 7. The van der Waals surface area contributed by atoms with E-state index < -0.39 is 31.1 Å². The summed E-state index contributed by atoms with van der Waals surface area (Å²) in [5.41, 5.74) is 9.20. The Morgan fingerprint density at radius 1 is 0.436 bits per heavy atom. The molecule has 7 aromatic rings. The summed E-state index contributed by atoms with van der Waals surface area (Å²) >= 11 is 0. The first-order valence-corrected chi connectivity index (χ1v) is 34.6. The van der Waals surface area contributed by atoms with Gasteiger partial charge in [-0.05, 0) is 140 Å². The largest absolute Gasteiger partial charge is 0.497 e. The van der Waals surface area contributed by atoms with E-state index in [1.54, 1.807) is 28.4 Å². The quantitative estimate of drug-likeness (QED) is 0.0332. The van der Waals surface area contributed by atoms with Gasteiger partial charge in [0.25, 0.3) is 0 Å². The van der Waals surface area contributed by atoms with E-state index in [1.165, 1.54) is 27.4 Å². The zero-order valence-corrected chi connectivity index (χ0v) is 50.8. The number of aldehydes is 1. The Morgan fingerprint density at radius 3 is 1.23 bits per heavy atom. The van der Waals surface area contributed by atoms with E-state index in [0.29, 0.717) is 42.4 Å². The molecule has 0 saturated heterocycles. The Morgan fingerprint density at radius 2 is 0.808 bits per heavy atom. The Labute approximate surface area is 466 Å². The van der Waals surface area contributed by atoms with Gasteiger partial charge < -0.3 is 51.5 Å². The minimum atomic E-state index is -2.24. The first kappa shape index (κ1) is 62.6. The lowest BCUT2D eigenvalue weighted by Gasteiger charge is -2.26. The smallest absolute Gasteiger partial charge is 0.218 e. The van der Waals surface area contributed by atoms with Gasteiger partial charge >= 0.3 is 0 Å². The number of ether oxygens (including phenoxy) is 7. The van der Waals surface area contributed by atoms with Crippen molar-refractivity contribution in [3.05, 3.63) is 208 Å². The molecule has 1 atom stereocenters. The van der Waals surface area contributed by atoms with E-state index in [9.17, 15) is 9.90 Å². The Bertz CT molecular complexity index is 2880. The zero-order chi connectivity index (χ0) is 56.7. The highest BCUT2D eigenvalue weighted by Crippen LogP contribution is 2.31. The van der Waals surface area contributed by atoms with Gasteiger partial charge in [0.2, 0.25) is 25.0 Å². The van der Waals surface area contributed by atoms with Gasteiger partial charge in [0.1, 0.15) is 29.1 Å². The van der Waals surface area contributed by atoms with E-state index >= 15 is 0 Å². The SMILES string of the molecule is COCOc1ccc([Si](C)(C)OCc2ccc(C)cc2)cc1.COCOc1ccc([Si](C)(C)OCc2ccc(C)cc2)cc1C(O)c1ccc(OC)cc1.COCOc1ccc([Si](C)(C)OCc2ccc(C)cc2)cc1C=O. The van der Waals surface area contributed by atoms with Crippen molar-refractivity contribution in [2.24, 2.45) is 0 Å². The van der Waals surface area contributed by atoms with Gasteiger partial charge in [0.05, 0.1) is 32.5 Å². The Kier molecular flexibility index (Phi) is 24.7. The van der Waals surface area contributed by atoms with Crippen LogP contribution in [0.5, 0.6) is 23.0 Å². The summed E-state index contributed by atoms with van der Waals surface area (Å²) in [6.07, 6.45) is -0.0477. The molecule has 416 valence electrons. The second-order valence-electron chi connectivity index (χ2n) is 20.3. The zero-order valence-electron chi connectivity index (χ0n) is 47.8. The van der Waals surface area contributed by atoms with Crippen LogP contribution in [-0.4, -0.2) is 85.2 Å². The maximum atomic E-state index is 11.3. The molecule has 0 spiro atoms. The van der Waals surface area contributed by atoms with Crippen LogP contribution in [0.1, 0.15) is 61.0 Å². The summed E-state index contributed by atoms with van der Waals surface area (Å²) in [6.45, 7) is 21.5. The third-order valence-electron chi connectivity index (χ3n) is 13.0. The summed E-state index contributed by atoms with van der Waals surface area (Å²) in [7, 11) is 0.0712. The summed E-state index contributed by atoms with van der Waals surface area (Å²) in [5.74, 6) is 2.67. The van der Waals surface area contributed by atoms with E-state index in [0.717, 1.165) is 44.8 Å². The van der Waals surface area contributed by atoms with Crippen LogP contribution in [0.25, 0.3) is 0 Å². The van der Waals surface area contributed by atoms with E-state index in [1.807, 2.05) is 72.8 Å². The van der Waals surface area contributed by atoms with Gasteiger partial charge in [-0.2, -0.15) is 0 Å². The van der Waals surface area contributed by atoms with Crippen LogP contribution in [0.4, 0.5) is 0 Å². The minimum absolute atomic E-state index is 0.104. The molecule has 0 aliphatic heterocycles. The molecular formula is C63H80O12Si3. The average molecular weight is 1110 g/mol. The average Bonchev–Trinajstić information content (AvgIpc) is 3.47. The first-order valence-electron chi connectivity index (χ1n) is 25.9. The molecule has 12 nitrogen and oxygen atoms in total. The van der Waals surface area contributed by atoms with Crippen LogP contribution in [0.2, 0.25) is 39.3 Å². The van der Waals surface area contributed by atoms with Crippen LogP contribution < -0.4 is 34.5 Å². The van der Waals surface area contributed by atoms with Crippen molar-refractivity contribution in [1.82, 2.24) is 0 Å². The number of hydrogen-bond acceptors (Lipinski definition) is 12. The summed E-state index contributed by atoms with van der Waals surface area (Å²) < 4.78 is 55.5. The fourth-order valence-electron chi connectivity index (χ4n) is 7.80. The number of hydrogen-bond donors (Lipinski definition) is 1. The molecule has 0 aliphatic carbocycles. The molecule has 0 amide bonds. The maximum absolute atomic E-state index is 11.3. The lowest BCUT2D eigenvalue weighted by Crippen LogP contribution is -2.44. The van der Waals surface area contributed by atoms with Crippen LogP contribution in [0.15, 0.2) is 158 Å². The van der Waals surface area contributed by atoms with Crippen molar-refractivity contribution in [1.29, 1.82) is 0 Å². The van der Waals surface area contributed by atoms with Gasteiger partial charge in [-0.3, -0.25) is 4.79 Å². The van der Waals surface area contributed by atoms with Gasteiger partial charge in [0, 0.05) is 26.9 Å². The molecule has 1 unspecified atom stereocenters. The number of carbonyl (C=O) groups excluding carboxylic acids is 1. The number of aliphatic hydroxyl groups is 1. The van der Waals surface area contributed by atoms with E-state index in [-0.39, 0.29) is 20.4 Å². The molecule has 78 heavy (non-hydrogen) atoms. The molecule has 0 aromatic heterocycles. The molecule has 15 heteroatoms. The monoisotopic (exact) mass is 1110 g/mol. The molecular weight excluding hydrogens is 1030 g/mol. The summed E-state index contributed by atoms with van der Waals surface area (Å²) in [6, 6.07) is 52.3. The molecule has 7 aromatic carbocycles. The number of aliphatic hydroxyl groups excluding tert-OH is 1. The highest BCUT2D eigenvalue weighted by molar-refractivity contribution is 6.85. The molecule has 0 fully saturated rings. The van der Waals surface area contributed by atoms with Crippen molar-refractivity contribution in [3.63, 3.8) is 0 Å². The lowest BCUT2D eigenvalue weighted by atomic mass is 10.0. The molecule has 0 radical (unpaired) electrons. The van der Waals surface area contributed by atoms with Crippen molar-refractivity contribution < 1.29 is 56.3 Å². The van der Waals surface area contributed by atoms with Gasteiger partial charge in [-0.15, -0.1) is 0 Å². The lowest BCUT2D eigenvalue weighted by molar-refractivity contribution is 0.0487. The van der Waals surface area contributed by atoms with Gasteiger partial charge in [0.15, 0.2) is 26.7 Å². The number of aryl methyl sites for hydroxylation is 3. The maximum Gasteiger partial charge on any atom is 0.218 e. The van der Waals surface area contributed by atoms with Crippen LogP contribution >= 0.6 is 0 Å². The predicted octanol–water partition coefficient (Wildman–Crippen LogP) is 11.7. The highest BCUT2D eigenvalue weighted by atomic mass is 28.4. The Hall–Kier alpha value is -6.22. The molecule has 0 heterocycles. The fourth-order valence-corrected chi connectivity index (χ4v) is 12.8. The van der Waals surface area contributed by atoms with Gasteiger partial charge in [-0.1, -0.05) is 132 Å². The Balaban J connectivity index is 0.000000220. The summed E-state index contributed by atoms with van der Waals surface area (Å²) in [5, 5.41) is 14.6. The second-order valence-corrected chi connectivity index (χ2v) is 32.0. The van der Waals surface area contributed by atoms with Crippen LogP contribution in [0.3, 0.4) is 0 Å². The number of rotatable bonds is 25. The van der Waals surface area contributed by atoms with Crippen molar-refractivity contribution in [2.45, 2.75) is 86.0 Å². The van der Waals surface area contributed by atoms with E-state index in [2.05, 4.69) is 145 Å². The molecule has 0 bridgehead atoms. The number of methoxy groups -OCH3 is 4. The minimum Gasteiger partial charge on any atom is -0.497 e. The number of carbonyl (C=O) groups is 1.